The minimum absolute atomic E-state index is 0.0679. The number of Topliss-reactive ketones (excluding diaryl/α,β-unsaturated/α-hetero) is 2. The molecule has 0 spiro atoms. The molecule has 5 aliphatic rings. The Morgan fingerprint density at radius 2 is 1.79 bits per heavy atom. The molecule has 0 unspecified atom stereocenters. The topological polar surface area (TPSA) is 213 Å². The molecule has 2 fully saturated rings. The SMILES string of the molecule is Nc1cc2c(cn1)CC[C@H]1CCC[C@@]21C[C@]1(O)[C@H](O)[C@@H](CO)O[C@@H](Oc2cccc3c2C(=O)[C@@H]2C(O)=CC(Cc4cccc(CO)c4)=C[C@@H]2C3=O)[C@@H]1O. The molecular formula is C41H44N2O10. The molecular weight excluding hydrogens is 680 g/mol. The van der Waals surface area contributed by atoms with E-state index in [9.17, 15) is 40.2 Å². The number of nitrogen functional groups attached to an aromatic ring is 1. The molecule has 0 bridgehead atoms. The summed E-state index contributed by atoms with van der Waals surface area (Å²) in [5.41, 5.74) is 7.40. The Balaban J connectivity index is 1.11. The number of carbonyl (C=O) groups is 2. The van der Waals surface area contributed by atoms with Crippen molar-refractivity contribution < 1.29 is 49.7 Å². The van der Waals surface area contributed by atoms with Crippen LogP contribution >= 0.6 is 0 Å². The molecule has 12 nitrogen and oxygen atoms in total. The van der Waals surface area contributed by atoms with Crippen LogP contribution in [0.1, 0.15) is 75.1 Å². The van der Waals surface area contributed by atoms with Gasteiger partial charge in [0.2, 0.25) is 6.29 Å². The molecule has 1 aliphatic heterocycles. The molecule has 1 saturated carbocycles. The maximum Gasteiger partial charge on any atom is 0.229 e. The number of carbonyl (C=O) groups excluding carboxylic acids is 2. The van der Waals surface area contributed by atoms with E-state index in [1.54, 1.807) is 18.3 Å². The van der Waals surface area contributed by atoms with Gasteiger partial charge in [-0.3, -0.25) is 9.59 Å². The third-order valence-corrected chi connectivity index (χ3v) is 12.3. The Morgan fingerprint density at radius 3 is 2.58 bits per heavy atom. The highest BCUT2D eigenvalue weighted by molar-refractivity contribution is 6.19. The van der Waals surface area contributed by atoms with Crippen molar-refractivity contribution in [3.8, 4) is 5.75 Å². The van der Waals surface area contributed by atoms with Crippen LogP contribution in [0.25, 0.3) is 0 Å². The minimum Gasteiger partial charge on any atom is -0.511 e. The van der Waals surface area contributed by atoms with Crippen LogP contribution in [-0.4, -0.2) is 84.0 Å². The second kappa shape index (κ2) is 13.5. The number of aryl methyl sites for hydroxylation is 1. The quantitative estimate of drug-likeness (QED) is 0.179. The van der Waals surface area contributed by atoms with Gasteiger partial charge in [0.25, 0.3) is 0 Å². The van der Waals surface area contributed by atoms with Gasteiger partial charge in [-0.05, 0) is 90.5 Å². The van der Waals surface area contributed by atoms with Crippen molar-refractivity contribution in [3.05, 3.63) is 112 Å². The molecule has 8 N–H and O–H groups in total. The molecule has 2 aromatic carbocycles. The molecule has 0 amide bonds. The number of allylic oxidation sites excluding steroid dienone is 4. The Hall–Kier alpha value is -4.43. The summed E-state index contributed by atoms with van der Waals surface area (Å²) in [4.78, 5) is 32.5. The fourth-order valence-corrected chi connectivity index (χ4v) is 9.84. The number of nitrogens with two attached hydrogens (primary N) is 1. The van der Waals surface area contributed by atoms with E-state index in [1.165, 1.54) is 24.3 Å². The smallest absolute Gasteiger partial charge is 0.229 e. The number of pyridine rings is 1. The summed E-state index contributed by atoms with van der Waals surface area (Å²) >= 11 is 0. The monoisotopic (exact) mass is 724 g/mol. The minimum atomic E-state index is -2.23. The van der Waals surface area contributed by atoms with Crippen LogP contribution in [-0.2, 0) is 29.6 Å². The van der Waals surface area contributed by atoms with Crippen molar-refractivity contribution >= 4 is 17.4 Å². The number of rotatable bonds is 8. The first-order valence-electron chi connectivity index (χ1n) is 18.2. The molecule has 53 heavy (non-hydrogen) atoms. The predicted molar refractivity (Wildman–Crippen MR) is 191 cm³/mol. The van der Waals surface area contributed by atoms with E-state index in [0.29, 0.717) is 24.2 Å². The molecule has 9 atom stereocenters. The Kier molecular flexibility index (Phi) is 9.03. The second-order valence-electron chi connectivity index (χ2n) is 15.3. The van der Waals surface area contributed by atoms with Gasteiger partial charge in [-0.25, -0.2) is 4.98 Å². The molecule has 3 aromatic rings. The van der Waals surface area contributed by atoms with Crippen LogP contribution in [0.3, 0.4) is 0 Å². The van der Waals surface area contributed by atoms with Gasteiger partial charge in [-0.1, -0.05) is 48.9 Å². The number of aliphatic hydroxyl groups excluding tert-OH is 5. The lowest BCUT2D eigenvalue weighted by Crippen LogP contribution is -2.70. The fourth-order valence-electron chi connectivity index (χ4n) is 9.84. The number of ether oxygens (including phenoxy) is 2. The molecule has 278 valence electrons. The number of hydrogen-bond donors (Lipinski definition) is 7. The summed E-state index contributed by atoms with van der Waals surface area (Å²) in [5.74, 6) is -3.06. The summed E-state index contributed by atoms with van der Waals surface area (Å²) in [5, 5.41) is 66.9. The molecule has 0 radical (unpaired) electrons. The second-order valence-corrected chi connectivity index (χ2v) is 15.3. The van der Waals surface area contributed by atoms with Crippen molar-refractivity contribution in [2.24, 2.45) is 17.8 Å². The summed E-state index contributed by atoms with van der Waals surface area (Å²) in [6.45, 7) is -0.828. The lowest BCUT2D eigenvalue weighted by molar-refractivity contribution is -0.319. The van der Waals surface area contributed by atoms with E-state index in [4.69, 9.17) is 15.2 Å². The van der Waals surface area contributed by atoms with Crippen molar-refractivity contribution in [1.82, 2.24) is 4.98 Å². The van der Waals surface area contributed by atoms with Crippen molar-refractivity contribution in [2.45, 2.75) is 87.2 Å². The number of anilines is 1. The average Bonchev–Trinajstić information content (AvgIpc) is 3.57. The summed E-state index contributed by atoms with van der Waals surface area (Å²) < 4.78 is 12.1. The number of benzene rings is 2. The van der Waals surface area contributed by atoms with Gasteiger partial charge in [0, 0.05) is 17.2 Å². The summed E-state index contributed by atoms with van der Waals surface area (Å²) in [6.07, 6.45) is 2.73. The van der Waals surface area contributed by atoms with Gasteiger partial charge in [-0.2, -0.15) is 0 Å². The molecule has 4 aliphatic carbocycles. The van der Waals surface area contributed by atoms with E-state index < -0.39 is 65.6 Å². The van der Waals surface area contributed by atoms with Gasteiger partial charge in [0.05, 0.1) is 30.6 Å². The average molecular weight is 725 g/mol. The zero-order valence-electron chi connectivity index (χ0n) is 29.1. The molecule has 1 saturated heterocycles. The first-order chi connectivity index (χ1) is 25.5. The number of hydrogen-bond acceptors (Lipinski definition) is 12. The highest BCUT2D eigenvalue weighted by Gasteiger charge is 2.61. The van der Waals surface area contributed by atoms with Crippen molar-refractivity contribution in [3.63, 3.8) is 0 Å². The van der Waals surface area contributed by atoms with E-state index in [0.717, 1.165) is 47.9 Å². The normalized spacial score (nSPS) is 33.3. The maximum absolute atomic E-state index is 14.2. The Bertz CT molecular complexity index is 2030. The van der Waals surface area contributed by atoms with Crippen molar-refractivity contribution in [2.75, 3.05) is 12.3 Å². The van der Waals surface area contributed by atoms with E-state index in [-0.39, 0.29) is 41.6 Å². The lowest BCUT2D eigenvalue weighted by atomic mass is 9.59. The molecule has 12 heteroatoms. The van der Waals surface area contributed by atoms with Gasteiger partial charge >= 0.3 is 0 Å². The van der Waals surface area contributed by atoms with Gasteiger partial charge in [0.1, 0.15) is 41.2 Å². The van der Waals surface area contributed by atoms with Crippen molar-refractivity contribution in [1.29, 1.82) is 0 Å². The fraction of sp³-hybridized carbons (Fsp3) is 0.439. The van der Waals surface area contributed by atoms with Gasteiger partial charge in [0.15, 0.2) is 11.6 Å². The highest BCUT2D eigenvalue weighted by atomic mass is 16.7. The van der Waals surface area contributed by atoms with Crippen LogP contribution in [0, 0.1) is 17.8 Å². The largest absolute Gasteiger partial charge is 0.511 e. The van der Waals surface area contributed by atoms with Crippen LogP contribution in [0.4, 0.5) is 5.82 Å². The lowest BCUT2D eigenvalue weighted by Gasteiger charge is -2.53. The number of nitrogens with zero attached hydrogens (tertiary/aromatic N) is 1. The number of aliphatic hydroxyl groups is 6. The first kappa shape index (κ1) is 35.6. The highest BCUT2D eigenvalue weighted by Crippen LogP contribution is 2.57. The number of fused-ring (bicyclic) bond motifs is 5. The van der Waals surface area contributed by atoms with Crippen LogP contribution in [0.15, 0.2) is 78.2 Å². The zero-order valence-corrected chi connectivity index (χ0v) is 29.1. The van der Waals surface area contributed by atoms with E-state index >= 15 is 0 Å². The standard InChI is InChI=1S/C41H44N2O10/c42-32-16-28-24(17-43-32)9-10-25-6-3-11-40(25,28)20-41(51)37(49)31(19-45)53-39(38(41)50)52-30-8-2-7-26-34(30)36(48)33-27(35(26)47)14-23(15-29(33)46)13-21-4-1-5-22(12-21)18-44/h1-2,4-5,7-8,12,14-17,25,27,31,33,37-39,44-46,49-51H,3,6,9-11,13,18-20H2,(H2,42,43)/t25-,27+,31-,33+,37-,38+,39-,40+,41+/m1/s1. The molecule has 8 rings (SSSR count). The summed E-state index contributed by atoms with van der Waals surface area (Å²) in [7, 11) is 0. The number of aromatic nitrogens is 1. The van der Waals surface area contributed by atoms with Crippen LogP contribution < -0.4 is 10.5 Å². The van der Waals surface area contributed by atoms with Crippen LogP contribution in [0.2, 0.25) is 0 Å². The predicted octanol–water partition coefficient (Wildman–Crippen LogP) is 3.02. The van der Waals surface area contributed by atoms with E-state index in [2.05, 4.69) is 4.98 Å². The maximum atomic E-state index is 14.2. The Labute approximate surface area is 306 Å². The van der Waals surface area contributed by atoms with Crippen LogP contribution in [0.5, 0.6) is 5.75 Å². The molecule has 1 aromatic heterocycles. The number of ketones is 2. The zero-order chi connectivity index (χ0) is 37.2. The first-order valence-corrected chi connectivity index (χ1v) is 18.2. The Morgan fingerprint density at radius 1 is 1.00 bits per heavy atom. The third-order valence-electron chi connectivity index (χ3n) is 12.3. The van der Waals surface area contributed by atoms with Gasteiger partial charge in [-0.15, -0.1) is 0 Å². The van der Waals surface area contributed by atoms with E-state index in [1.807, 2.05) is 24.3 Å². The van der Waals surface area contributed by atoms with Gasteiger partial charge < -0.3 is 45.8 Å². The molecule has 2 heterocycles. The third kappa shape index (κ3) is 5.79. The summed E-state index contributed by atoms with van der Waals surface area (Å²) in [6, 6.07) is 13.6.